The van der Waals surface area contributed by atoms with Crippen molar-refractivity contribution in [1.82, 2.24) is 0 Å². The van der Waals surface area contributed by atoms with Gasteiger partial charge in [-0.3, -0.25) is 4.55 Å². The molecule has 0 saturated heterocycles. The number of benzene rings is 2. The van der Waals surface area contributed by atoms with E-state index < -0.39 is 10.1 Å². The van der Waals surface area contributed by atoms with E-state index in [9.17, 15) is 13.5 Å². The van der Waals surface area contributed by atoms with Crippen molar-refractivity contribution >= 4 is 10.1 Å². The Morgan fingerprint density at radius 1 is 1.00 bits per heavy atom. The van der Waals surface area contributed by atoms with Gasteiger partial charge in [0.2, 0.25) is 0 Å². The van der Waals surface area contributed by atoms with Gasteiger partial charge in [0.1, 0.15) is 11.5 Å². The van der Waals surface area contributed by atoms with Gasteiger partial charge >= 0.3 is 51.4 Å². The van der Waals surface area contributed by atoms with Gasteiger partial charge in [-0.1, -0.05) is 44.7 Å². The fourth-order valence-electron chi connectivity index (χ4n) is 2.60. The summed E-state index contributed by atoms with van der Waals surface area (Å²) in [6, 6.07) is 10.3. The molecule has 0 saturated carbocycles. The third-order valence-corrected chi connectivity index (χ3v) is 4.84. The number of rotatable bonds is 9. The van der Waals surface area contributed by atoms with E-state index in [4.69, 9.17) is 9.29 Å². The summed E-state index contributed by atoms with van der Waals surface area (Å²) in [7, 11) is -4.23. The van der Waals surface area contributed by atoms with Gasteiger partial charge in [0.15, 0.2) is 0 Å². The maximum Gasteiger partial charge on any atom is 1.00 e. The van der Waals surface area contributed by atoms with Crippen LogP contribution >= 0.6 is 0 Å². The van der Waals surface area contributed by atoms with E-state index in [1.807, 2.05) is 0 Å². The minimum Gasteiger partial charge on any atom is -0.872 e. The molecule has 26 heavy (non-hydrogen) atoms. The van der Waals surface area contributed by atoms with Crippen molar-refractivity contribution < 1.29 is 74.2 Å². The molecule has 0 atom stereocenters. The average molecular weight is 403 g/mol. The van der Waals surface area contributed by atoms with Crippen molar-refractivity contribution in [2.75, 3.05) is 0 Å². The molecule has 2 aromatic rings. The normalized spacial score (nSPS) is 11.0. The average Bonchev–Trinajstić information content (AvgIpc) is 2.56. The first-order valence-electron chi connectivity index (χ1n) is 8.46. The van der Waals surface area contributed by atoms with Crippen LogP contribution in [0.25, 0.3) is 0 Å². The Balaban J connectivity index is 0.00000338. The molecular formula is C19H23KO5S. The summed E-state index contributed by atoms with van der Waals surface area (Å²) in [5.41, 5.74) is 0.637. The molecule has 0 fully saturated rings. The monoisotopic (exact) mass is 402 g/mol. The second-order valence-corrected chi connectivity index (χ2v) is 7.37. The maximum absolute atomic E-state index is 12.1. The molecule has 0 amide bonds. The zero-order chi connectivity index (χ0) is 18.3. The van der Waals surface area contributed by atoms with Gasteiger partial charge < -0.3 is 9.84 Å². The summed E-state index contributed by atoms with van der Waals surface area (Å²) in [6.07, 6.45) is 6.18. The molecule has 0 aromatic heterocycles. The van der Waals surface area contributed by atoms with E-state index in [0.29, 0.717) is 23.5 Å². The van der Waals surface area contributed by atoms with Crippen molar-refractivity contribution in [3.05, 3.63) is 48.0 Å². The predicted molar refractivity (Wildman–Crippen MR) is 94.7 cm³/mol. The predicted octanol–water partition coefficient (Wildman–Crippen LogP) is 1.32. The standard InChI is InChI=1S/C19H24O5S.K/c1-2-3-4-5-6-8-17-18(20)9-7-10-19(17)24-15-11-13-16(14-12-15)25(21,22)23;/h7,9-14,20H,2-6,8H2,1H3,(H,21,22,23);/q;+1/p-1. The van der Waals surface area contributed by atoms with Gasteiger partial charge in [0.05, 0.1) is 4.90 Å². The Morgan fingerprint density at radius 3 is 2.27 bits per heavy atom. The van der Waals surface area contributed by atoms with Crippen LogP contribution in [0.3, 0.4) is 0 Å². The third-order valence-electron chi connectivity index (χ3n) is 3.97. The van der Waals surface area contributed by atoms with Crippen LogP contribution in [0.5, 0.6) is 17.2 Å². The smallest absolute Gasteiger partial charge is 0.872 e. The van der Waals surface area contributed by atoms with Crippen LogP contribution in [0.1, 0.15) is 44.6 Å². The summed E-state index contributed by atoms with van der Waals surface area (Å²) in [6.45, 7) is 2.16. The molecule has 0 aliphatic carbocycles. The zero-order valence-electron chi connectivity index (χ0n) is 15.3. The molecule has 2 rings (SSSR count). The first-order chi connectivity index (χ1) is 11.9. The van der Waals surface area contributed by atoms with Gasteiger partial charge in [-0.15, -0.1) is 5.75 Å². The van der Waals surface area contributed by atoms with Crippen molar-refractivity contribution in [2.45, 2.75) is 50.3 Å². The molecule has 5 nitrogen and oxygen atoms in total. The second kappa shape index (κ2) is 11.4. The third kappa shape index (κ3) is 7.30. The van der Waals surface area contributed by atoms with Gasteiger partial charge in [0.25, 0.3) is 10.1 Å². The quantitative estimate of drug-likeness (QED) is 0.388. The number of unbranched alkanes of at least 4 members (excludes halogenated alkanes) is 4. The van der Waals surface area contributed by atoms with Crippen LogP contribution in [0.4, 0.5) is 0 Å². The Hall–Kier alpha value is -0.414. The van der Waals surface area contributed by atoms with Crippen molar-refractivity contribution in [2.24, 2.45) is 0 Å². The summed E-state index contributed by atoms with van der Waals surface area (Å²) in [5.74, 6) is 0.843. The van der Waals surface area contributed by atoms with E-state index >= 15 is 0 Å². The molecule has 2 aromatic carbocycles. The first-order valence-corrected chi connectivity index (χ1v) is 9.90. The summed E-state index contributed by atoms with van der Waals surface area (Å²) < 4.78 is 36.9. The van der Waals surface area contributed by atoms with Crippen molar-refractivity contribution in [1.29, 1.82) is 0 Å². The Bertz CT molecular complexity index is 788. The molecule has 1 N–H and O–H groups in total. The molecule has 0 aliphatic rings. The van der Waals surface area contributed by atoms with Gasteiger partial charge in [0, 0.05) is 0 Å². The Morgan fingerprint density at radius 2 is 1.65 bits per heavy atom. The molecule has 136 valence electrons. The van der Waals surface area contributed by atoms with Gasteiger partial charge in [-0.05, 0) is 48.7 Å². The second-order valence-electron chi connectivity index (χ2n) is 5.95. The zero-order valence-corrected chi connectivity index (χ0v) is 19.2. The van der Waals surface area contributed by atoms with E-state index in [1.54, 1.807) is 12.1 Å². The first kappa shape index (κ1) is 23.6. The number of hydrogen-bond donors (Lipinski definition) is 1. The van der Waals surface area contributed by atoms with E-state index in [-0.39, 0.29) is 62.0 Å². The van der Waals surface area contributed by atoms with Crippen LogP contribution in [-0.4, -0.2) is 13.0 Å². The van der Waals surface area contributed by atoms with E-state index in [1.165, 1.54) is 43.2 Å². The largest absolute Gasteiger partial charge is 1.00 e. The summed E-state index contributed by atoms with van der Waals surface area (Å²) in [4.78, 5) is -0.200. The molecule has 0 spiro atoms. The van der Waals surface area contributed by atoms with Crippen LogP contribution in [-0.2, 0) is 16.5 Å². The number of ether oxygens (including phenoxy) is 1. The topological polar surface area (TPSA) is 86.7 Å². The minimum absolute atomic E-state index is 0. The van der Waals surface area contributed by atoms with E-state index in [0.717, 1.165) is 19.3 Å². The molecule has 0 unspecified atom stereocenters. The molecule has 0 aliphatic heterocycles. The van der Waals surface area contributed by atoms with E-state index in [2.05, 4.69) is 6.92 Å². The van der Waals surface area contributed by atoms with Gasteiger partial charge in [-0.25, -0.2) is 0 Å². The minimum atomic E-state index is -4.23. The van der Waals surface area contributed by atoms with Crippen molar-refractivity contribution in [3.8, 4) is 17.2 Å². The molecule has 0 radical (unpaired) electrons. The fourth-order valence-corrected chi connectivity index (χ4v) is 3.08. The Kier molecular flexibility index (Phi) is 10.4. The van der Waals surface area contributed by atoms with Crippen LogP contribution in [0, 0.1) is 0 Å². The molecule has 7 heteroatoms. The summed E-state index contributed by atoms with van der Waals surface area (Å²) >= 11 is 0. The van der Waals surface area contributed by atoms with Gasteiger partial charge in [-0.2, -0.15) is 8.42 Å². The summed E-state index contributed by atoms with van der Waals surface area (Å²) in [5, 5.41) is 12.1. The fraction of sp³-hybridized carbons (Fsp3) is 0.368. The molecule has 0 heterocycles. The van der Waals surface area contributed by atoms with Crippen molar-refractivity contribution in [3.63, 3.8) is 0 Å². The SMILES string of the molecule is CCCCCCCc1c([O-])cccc1Oc1ccc(S(=O)(=O)O)cc1.[K+]. The molecule has 0 bridgehead atoms. The number of hydrogen-bond acceptors (Lipinski definition) is 4. The Labute approximate surface area is 198 Å². The molecular weight excluding hydrogens is 379 g/mol. The van der Waals surface area contributed by atoms with Crippen LogP contribution in [0.15, 0.2) is 47.4 Å². The van der Waals surface area contributed by atoms with Crippen LogP contribution in [0.2, 0.25) is 0 Å². The maximum atomic E-state index is 12.1. The van der Waals surface area contributed by atoms with Crippen LogP contribution < -0.4 is 61.2 Å².